The minimum atomic E-state index is -0.313. The van der Waals surface area contributed by atoms with Gasteiger partial charge in [0.05, 0.1) is 5.92 Å². The highest BCUT2D eigenvalue weighted by molar-refractivity contribution is 5.75. The van der Waals surface area contributed by atoms with Crippen LogP contribution in [0.1, 0.15) is 195 Å². The molecule has 0 amide bonds. The Kier molecular flexibility index (Phi) is 19.4. The second kappa shape index (κ2) is 24.7. The number of carbonyl (C=O) groups is 1. The molecular weight excluding hydrogens is 791 g/mol. The first-order valence-electron chi connectivity index (χ1n) is 26.5. The number of benzene rings is 3. The predicted molar refractivity (Wildman–Crippen MR) is 265 cm³/mol. The summed E-state index contributed by atoms with van der Waals surface area (Å²) in [5.41, 5.74) is 8.91. The molecule has 0 aromatic heterocycles. The molecule has 3 aromatic carbocycles. The molecule has 0 radical (unpaired) electrons. The summed E-state index contributed by atoms with van der Waals surface area (Å²) in [6, 6.07) is 14.6. The van der Waals surface area contributed by atoms with E-state index >= 15 is 0 Å². The molecule has 354 valence electrons. The number of esters is 1. The smallest absolute Gasteiger partial charge is 0.314 e. The fraction of sp³-hybridized carbons (Fsp3) is 0.683. The third kappa shape index (κ3) is 15.5. The van der Waals surface area contributed by atoms with E-state index < -0.39 is 0 Å². The summed E-state index contributed by atoms with van der Waals surface area (Å²) >= 11 is 0. The molecule has 0 unspecified atom stereocenters. The zero-order chi connectivity index (χ0) is 45.8. The minimum Gasteiger partial charge on any atom is -0.426 e. The SMILES string of the molecule is CC1CCC(C2CCC(C(=O)Oc3ccc(F)cc3)CC2)CC1.Cc1cc(CC2CCC(C)CC2)cc(C)c1C.Cc1cc(CC2CCC(CC3CCC(C)CC3)CC2)cc(C)c1F. The molecule has 5 aliphatic carbocycles. The van der Waals surface area contributed by atoms with Crippen LogP contribution in [0.4, 0.5) is 8.78 Å². The molecule has 2 nitrogen and oxygen atoms in total. The Morgan fingerprint density at radius 3 is 1.30 bits per heavy atom. The first kappa shape index (κ1) is 50.4. The third-order valence-electron chi connectivity index (χ3n) is 17.3. The first-order chi connectivity index (χ1) is 30.7. The molecule has 0 aliphatic heterocycles. The lowest BCUT2D eigenvalue weighted by Gasteiger charge is -2.36. The standard InChI is InChI=1S/C23H35F.C20H27FO2.C17H26/c1-16-4-6-19(7-5-16)14-20-8-10-21(11-9-20)15-22-12-17(2)23(24)18(3)13-22;1-14-2-4-15(5-3-14)16-6-8-17(9-7-16)20(22)23-19-12-10-18(21)11-13-19;1-12-5-7-16(8-6-12)11-17-9-13(2)15(4)14(3)10-17/h12-13,16,19-21H,4-11,14-15H2,1-3H3;10-17H,2-9H2,1H3;9-10,12,16H,5-8,11H2,1-4H3. The van der Waals surface area contributed by atoms with Crippen molar-refractivity contribution in [1.82, 2.24) is 0 Å². The van der Waals surface area contributed by atoms with Crippen LogP contribution in [0.15, 0.2) is 48.5 Å². The van der Waals surface area contributed by atoms with Crippen molar-refractivity contribution in [1.29, 1.82) is 0 Å². The quantitative estimate of drug-likeness (QED) is 0.158. The van der Waals surface area contributed by atoms with Gasteiger partial charge in [-0.2, -0.15) is 0 Å². The van der Waals surface area contributed by atoms with Gasteiger partial charge in [0, 0.05) is 0 Å². The largest absolute Gasteiger partial charge is 0.426 e. The minimum absolute atomic E-state index is 0.0128. The number of rotatable bonds is 9. The van der Waals surface area contributed by atoms with Crippen molar-refractivity contribution in [2.45, 2.75) is 203 Å². The van der Waals surface area contributed by atoms with E-state index in [2.05, 4.69) is 65.8 Å². The van der Waals surface area contributed by atoms with E-state index in [0.717, 1.165) is 96.5 Å². The lowest BCUT2D eigenvalue weighted by molar-refractivity contribution is -0.140. The van der Waals surface area contributed by atoms with Crippen molar-refractivity contribution in [2.24, 2.45) is 59.2 Å². The summed E-state index contributed by atoms with van der Waals surface area (Å²) < 4.78 is 32.1. The zero-order valence-corrected chi connectivity index (χ0v) is 41.7. The van der Waals surface area contributed by atoms with Gasteiger partial charge in [-0.3, -0.25) is 4.79 Å². The summed E-state index contributed by atoms with van der Waals surface area (Å²) in [5, 5.41) is 0. The van der Waals surface area contributed by atoms with Crippen molar-refractivity contribution in [3.63, 3.8) is 0 Å². The Morgan fingerprint density at radius 1 is 0.484 bits per heavy atom. The predicted octanol–water partition coefficient (Wildman–Crippen LogP) is 17.4. The van der Waals surface area contributed by atoms with Crippen molar-refractivity contribution < 1.29 is 18.3 Å². The summed E-state index contributed by atoms with van der Waals surface area (Å²) in [7, 11) is 0. The van der Waals surface area contributed by atoms with Gasteiger partial charge in [0.1, 0.15) is 17.4 Å². The van der Waals surface area contributed by atoms with Gasteiger partial charge in [-0.25, -0.2) is 8.78 Å². The van der Waals surface area contributed by atoms with Crippen LogP contribution in [0.3, 0.4) is 0 Å². The molecule has 5 fully saturated rings. The van der Waals surface area contributed by atoms with Crippen LogP contribution < -0.4 is 4.74 Å². The Balaban J connectivity index is 0.000000162. The van der Waals surface area contributed by atoms with Crippen molar-refractivity contribution in [3.05, 3.63) is 99.1 Å². The second-order valence-corrected chi connectivity index (χ2v) is 22.7. The molecule has 8 rings (SSSR count). The van der Waals surface area contributed by atoms with E-state index in [4.69, 9.17) is 4.74 Å². The average molecular weight is 879 g/mol. The number of halogens is 2. The molecule has 0 atom stereocenters. The summed E-state index contributed by atoms with van der Waals surface area (Å²) in [4.78, 5) is 12.3. The Bertz CT molecular complexity index is 1810. The number of carbonyl (C=O) groups excluding carboxylic acids is 1. The number of hydrogen-bond acceptors (Lipinski definition) is 2. The lowest BCUT2D eigenvalue weighted by Crippen LogP contribution is -2.29. The fourth-order valence-electron chi connectivity index (χ4n) is 12.6. The van der Waals surface area contributed by atoms with Gasteiger partial charge < -0.3 is 4.74 Å². The normalized spacial score (nSPS) is 29.7. The highest BCUT2D eigenvalue weighted by Gasteiger charge is 2.33. The van der Waals surface area contributed by atoms with Crippen LogP contribution in [0, 0.1) is 105 Å². The topological polar surface area (TPSA) is 26.3 Å². The fourth-order valence-corrected chi connectivity index (χ4v) is 12.6. The van der Waals surface area contributed by atoms with Crippen molar-refractivity contribution >= 4 is 5.97 Å². The molecule has 0 spiro atoms. The number of aryl methyl sites for hydroxylation is 4. The van der Waals surface area contributed by atoms with E-state index in [1.165, 1.54) is 162 Å². The molecule has 0 N–H and O–H groups in total. The molecule has 0 heterocycles. The van der Waals surface area contributed by atoms with Crippen molar-refractivity contribution in [3.8, 4) is 5.75 Å². The Labute approximate surface area is 389 Å². The van der Waals surface area contributed by atoms with Gasteiger partial charge >= 0.3 is 5.97 Å². The van der Waals surface area contributed by atoms with Gasteiger partial charge in [0.25, 0.3) is 0 Å². The van der Waals surface area contributed by atoms with Crippen LogP contribution >= 0.6 is 0 Å². The summed E-state index contributed by atoms with van der Waals surface area (Å²) in [5.74, 6) is 8.24. The third-order valence-corrected chi connectivity index (χ3v) is 17.3. The van der Waals surface area contributed by atoms with E-state index in [1.54, 1.807) is 5.56 Å². The first-order valence-corrected chi connectivity index (χ1v) is 26.5. The van der Waals surface area contributed by atoms with Crippen molar-refractivity contribution in [2.75, 3.05) is 0 Å². The molecule has 0 bridgehead atoms. The lowest BCUT2D eigenvalue weighted by atomic mass is 9.69. The van der Waals surface area contributed by atoms with E-state index in [-0.39, 0.29) is 23.5 Å². The van der Waals surface area contributed by atoms with Crippen LogP contribution in [-0.4, -0.2) is 5.97 Å². The van der Waals surface area contributed by atoms with E-state index in [1.807, 2.05) is 13.8 Å². The van der Waals surface area contributed by atoms with Crippen LogP contribution in [0.25, 0.3) is 0 Å². The van der Waals surface area contributed by atoms with Crippen LogP contribution in [-0.2, 0) is 17.6 Å². The monoisotopic (exact) mass is 879 g/mol. The maximum absolute atomic E-state index is 13.8. The van der Waals surface area contributed by atoms with Crippen LogP contribution in [0.2, 0.25) is 0 Å². The molecule has 4 heteroatoms. The molecular formula is C60H88F2O2. The van der Waals surface area contributed by atoms with Gasteiger partial charge in [-0.1, -0.05) is 109 Å². The van der Waals surface area contributed by atoms with Gasteiger partial charge in [0.2, 0.25) is 0 Å². The Morgan fingerprint density at radius 2 is 0.844 bits per heavy atom. The highest BCUT2D eigenvalue weighted by atomic mass is 19.1. The maximum Gasteiger partial charge on any atom is 0.314 e. The van der Waals surface area contributed by atoms with Crippen LogP contribution in [0.5, 0.6) is 5.75 Å². The Hall–Kier alpha value is -3.01. The summed E-state index contributed by atoms with van der Waals surface area (Å²) in [6.45, 7) is 17.7. The summed E-state index contributed by atoms with van der Waals surface area (Å²) in [6.07, 6.45) is 30.9. The number of ether oxygens (including phenoxy) is 1. The molecule has 3 aromatic rings. The molecule has 64 heavy (non-hydrogen) atoms. The second-order valence-electron chi connectivity index (χ2n) is 22.7. The average Bonchev–Trinajstić information content (AvgIpc) is 3.28. The van der Waals surface area contributed by atoms with Gasteiger partial charge in [0.15, 0.2) is 0 Å². The highest BCUT2D eigenvalue weighted by Crippen LogP contribution is 2.42. The van der Waals surface area contributed by atoms with E-state index in [9.17, 15) is 13.6 Å². The van der Waals surface area contributed by atoms with Gasteiger partial charge in [-0.05, 0) is 235 Å². The van der Waals surface area contributed by atoms with Gasteiger partial charge in [-0.15, -0.1) is 0 Å². The molecule has 0 saturated heterocycles. The molecule has 5 aliphatic rings. The maximum atomic E-state index is 13.8. The molecule has 5 saturated carbocycles. The van der Waals surface area contributed by atoms with E-state index in [0.29, 0.717) is 5.75 Å². The zero-order valence-electron chi connectivity index (χ0n) is 41.7. The number of hydrogen-bond donors (Lipinski definition) is 0.